The number of anilines is 1. The highest BCUT2D eigenvalue weighted by molar-refractivity contribution is 6.09. The third kappa shape index (κ3) is 3.46. The van der Waals surface area contributed by atoms with Crippen LogP contribution in [0.15, 0.2) is 24.4 Å². The lowest BCUT2D eigenvalue weighted by Gasteiger charge is -2.38. The fourth-order valence-corrected chi connectivity index (χ4v) is 3.11. The van der Waals surface area contributed by atoms with E-state index in [4.69, 9.17) is 0 Å². The molecule has 3 heteroatoms. The molecule has 2 rings (SSSR count). The van der Waals surface area contributed by atoms with Crippen molar-refractivity contribution >= 4 is 11.5 Å². The lowest BCUT2D eigenvalue weighted by Crippen LogP contribution is -2.37. The monoisotopic (exact) mass is 286 g/mol. The minimum Gasteiger partial charge on any atom is -0.383 e. The van der Waals surface area contributed by atoms with E-state index in [0.717, 1.165) is 23.2 Å². The zero-order valence-electron chi connectivity index (χ0n) is 13.9. The van der Waals surface area contributed by atoms with Gasteiger partial charge >= 0.3 is 0 Å². The molecule has 1 unspecified atom stereocenters. The molecule has 0 bridgehead atoms. The number of nitrogens with one attached hydrogen (secondary N) is 1. The van der Waals surface area contributed by atoms with Crippen molar-refractivity contribution in [3.63, 3.8) is 0 Å². The second-order valence-corrected chi connectivity index (χ2v) is 7.03. The summed E-state index contributed by atoms with van der Waals surface area (Å²) in [5.41, 5.74) is 4.21. The average Bonchev–Trinajstić information content (AvgIpc) is 2.35. The van der Waals surface area contributed by atoms with Crippen molar-refractivity contribution in [1.29, 1.82) is 0 Å². The molecular formula is C18H26N2O. The van der Waals surface area contributed by atoms with Crippen LogP contribution in [-0.2, 0) is 0 Å². The van der Waals surface area contributed by atoms with Gasteiger partial charge in [0.25, 0.3) is 0 Å². The van der Waals surface area contributed by atoms with Crippen LogP contribution in [0.4, 0.5) is 5.69 Å². The third-order valence-electron chi connectivity index (χ3n) is 3.91. The molecule has 3 nitrogen and oxygen atoms in total. The topological polar surface area (TPSA) is 32.3 Å². The average molecular weight is 286 g/mol. The molecular weight excluding hydrogens is 260 g/mol. The highest BCUT2D eigenvalue weighted by Gasteiger charge is 2.31. The molecule has 1 heterocycles. The molecule has 1 aliphatic rings. The zero-order chi connectivity index (χ0) is 15.8. The lowest BCUT2D eigenvalue weighted by atomic mass is 9.80. The van der Waals surface area contributed by atoms with Gasteiger partial charge < -0.3 is 10.2 Å². The maximum atomic E-state index is 12.5. The van der Waals surface area contributed by atoms with Gasteiger partial charge in [-0.1, -0.05) is 13.0 Å². The first kappa shape index (κ1) is 15.6. The van der Waals surface area contributed by atoms with E-state index in [2.05, 4.69) is 39.1 Å². The first-order chi connectivity index (χ1) is 9.69. The molecule has 1 atom stereocenters. The van der Waals surface area contributed by atoms with E-state index in [1.807, 2.05) is 25.1 Å². The Morgan fingerprint density at radius 2 is 2.05 bits per heavy atom. The zero-order valence-corrected chi connectivity index (χ0v) is 13.9. The van der Waals surface area contributed by atoms with Gasteiger partial charge in [-0.25, -0.2) is 0 Å². The van der Waals surface area contributed by atoms with Gasteiger partial charge in [0.1, 0.15) is 0 Å². The summed E-state index contributed by atoms with van der Waals surface area (Å²) in [6, 6.07) is 4.19. The van der Waals surface area contributed by atoms with Gasteiger partial charge in [-0.15, -0.1) is 0 Å². The van der Waals surface area contributed by atoms with Crippen molar-refractivity contribution in [2.75, 3.05) is 19.4 Å². The number of hydrogen-bond donors (Lipinski definition) is 1. The molecule has 1 N–H and O–H groups in total. The van der Waals surface area contributed by atoms with Crippen LogP contribution in [0.5, 0.6) is 0 Å². The number of allylic oxidation sites excluding steroid dienone is 1. The molecule has 0 spiro atoms. The quantitative estimate of drug-likeness (QED) is 0.674. The molecule has 0 aromatic heterocycles. The first-order valence-electron chi connectivity index (χ1n) is 7.51. The van der Waals surface area contributed by atoms with Gasteiger partial charge in [0.15, 0.2) is 5.78 Å². The summed E-state index contributed by atoms with van der Waals surface area (Å²) in [5.74, 6) is 0.515. The number of carbonyl (C=O) groups is 1. The Kier molecular flexibility index (Phi) is 4.13. The van der Waals surface area contributed by atoms with Crippen molar-refractivity contribution in [2.45, 2.75) is 45.6 Å². The Labute approximate surface area is 128 Å². The molecule has 0 saturated heterocycles. The third-order valence-corrected chi connectivity index (χ3v) is 3.91. The van der Waals surface area contributed by atoms with Crippen molar-refractivity contribution in [3.05, 3.63) is 41.1 Å². The van der Waals surface area contributed by atoms with Gasteiger partial charge in [-0.05, 0) is 50.3 Å². The van der Waals surface area contributed by atoms with E-state index in [1.165, 1.54) is 5.56 Å². The Hall–Kier alpha value is -1.77. The first-order valence-corrected chi connectivity index (χ1v) is 7.51. The van der Waals surface area contributed by atoms with Gasteiger partial charge in [0.05, 0.1) is 0 Å². The van der Waals surface area contributed by atoms with Crippen molar-refractivity contribution in [3.8, 4) is 0 Å². The number of carbonyl (C=O) groups excluding carboxylic acids is 1. The molecule has 1 aromatic carbocycles. The van der Waals surface area contributed by atoms with Gasteiger partial charge in [0.2, 0.25) is 0 Å². The minimum atomic E-state index is 0.0158. The lowest BCUT2D eigenvalue weighted by molar-refractivity contribution is 0.104. The van der Waals surface area contributed by atoms with E-state index in [9.17, 15) is 4.79 Å². The number of ketones is 1. The molecule has 0 fully saturated rings. The van der Waals surface area contributed by atoms with Gasteiger partial charge in [-0.2, -0.15) is 0 Å². The molecule has 0 radical (unpaired) electrons. The van der Waals surface area contributed by atoms with E-state index in [1.54, 1.807) is 12.3 Å². The number of rotatable bonds is 3. The largest absolute Gasteiger partial charge is 0.383 e. The van der Waals surface area contributed by atoms with Crippen LogP contribution in [0.25, 0.3) is 0 Å². The minimum absolute atomic E-state index is 0.0158. The normalized spacial score (nSPS) is 20.0. The Morgan fingerprint density at radius 1 is 1.38 bits per heavy atom. The summed E-state index contributed by atoms with van der Waals surface area (Å²) in [6.45, 7) is 8.68. The van der Waals surface area contributed by atoms with Crippen molar-refractivity contribution in [1.82, 2.24) is 4.90 Å². The predicted octanol–water partition coefficient (Wildman–Crippen LogP) is 3.95. The Balaban J connectivity index is 2.50. The second-order valence-electron chi connectivity index (χ2n) is 7.03. The summed E-state index contributed by atoms with van der Waals surface area (Å²) in [6.07, 6.45) is 4.52. The summed E-state index contributed by atoms with van der Waals surface area (Å²) >= 11 is 0. The standard InChI is InChI=1S/C18H26N2O/c1-12-9-14-13(2)11-18(3,4)19-17(14)15(10-12)16(21)7-8-20(5)6/h7-10,13,19H,11H2,1-6H3/b8-7+. The highest BCUT2D eigenvalue weighted by atomic mass is 16.1. The van der Waals surface area contributed by atoms with Crippen molar-refractivity contribution in [2.24, 2.45) is 0 Å². The molecule has 21 heavy (non-hydrogen) atoms. The van der Waals surface area contributed by atoms with Crippen LogP contribution in [0.2, 0.25) is 0 Å². The van der Waals surface area contributed by atoms with E-state index in [-0.39, 0.29) is 11.3 Å². The number of hydrogen-bond acceptors (Lipinski definition) is 3. The number of benzene rings is 1. The molecule has 114 valence electrons. The van der Waals surface area contributed by atoms with E-state index >= 15 is 0 Å². The van der Waals surface area contributed by atoms with Crippen LogP contribution >= 0.6 is 0 Å². The van der Waals surface area contributed by atoms with Crippen molar-refractivity contribution < 1.29 is 4.79 Å². The Bertz CT molecular complexity index is 585. The summed E-state index contributed by atoms with van der Waals surface area (Å²) in [4.78, 5) is 14.4. The molecule has 1 aromatic rings. The van der Waals surface area contributed by atoms with E-state index < -0.39 is 0 Å². The summed E-state index contributed by atoms with van der Waals surface area (Å²) < 4.78 is 0. The SMILES string of the molecule is Cc1cc(C(=O)/C=C/N(C)C)c2c(c1)C(C)CC(C)(C)N2. The smallest absolute Gasteiger partial charge is 0.189 e. The maximum Gasteiger partial charge on any atom is 0.189 e. The fraction of sp³-hybridized carbons (Fsp3) is 0.500. The predicted molar refractivity (Wildman–Crippen MR) is 89.1 cm³/mol. The number of nitrogens with zero attached hydrogens (tertiary/aromatic N) is 1. The molecule has 0 aliphatic carbocycles. The summed E-state index contributed by atoms with van der Waals surface area (Å²) in [5, 5.41) is 3.56. The maximum absolute atomic E-state index is 12.5. The second kappa shape index (κ2) is 5.55. The number of fused-ring (bicyclic) bond motifs is 1. The van der Waals surface area contributed by atoms with Gasteiger partial charge in [-0.3, -0.25) is 4.79 Å². The van der Waals surface area contributed by atoms with Crippen LogP contribution in [0.1, 0.15) is 54.6 Å². The van der Waals surface area contributed by atoms with E-state index in [0.29, 0.717) is 5.92 Å². The van der Waals surface area contributed by atoms with Gasteiger partial charge in [0, 0.05) is 43.2 Å². The van der Waals surface area contributed by atoms with Crippen LogP contribution < -0.4 is 5.32 Å². The Morgan fingerprint density at radius 3 is 2.67 bits per heavy atom. The molecule has 0 amide bonds. The van der Waals surface area contributed by atoms with Crippen LogP contribution in [0.3, 0.4) is 0 Å². The summed E-state index contributed by atoms with van der Waals surface area (Å²) in [7, 11) is 3.83. The molecule has 0 saturated carbocycles. The number of aryl methyl sites for hydroxylation is 1. The molecule has 1 aliphatic heterocycles. The van der Waals surface area contributed by atoms with Crippen LogP contribution in [-0.4, -0.2) is 30.3 Å². The fourth-order valence-electron chi connectivity index (χ4n) is 3.11. The highest BCUT2D eigenvalue weighted by Crippen LogP contribution is 2.41. The van der Waals surface area contributed by atoms with Crippen LogP contribution in [0, 0.1) is 6.92 Å².